The molecule has 0 N–H and O–H groups in total. The van der Waals surface area contributed by atoms with Crippen LogP contribution in [0, 0.1) is 17.1 Å². The fourth-order valence-corrected chi connectivity index (χ4v) is 2.81. The summed E-state index contributed by atoms with van der Waals surface area (Å²) in [5.74, 6) is -0.355. The molecule has 1 nitrogen and oxygen atoms in total. The van der Waals surface area contributed by atoms with Gasteiger partial charge in [0.05, 0.1) is 5.56 Å². The van der Waals surface area contributed by atoms with Crippen molar-refractivity contribution in [2.45, 2.75) is 26.2 Å². The first-order chi connectivity index (χ1) is 10.2. The van der Waals surface area contributed by atoms with E-state index in [4.69, 9.17) is 5.26 Å². The zero-order valence-corrected chi connectivity index (χ0v) is 12.0. The highest BCUT2D eigenvalue weighted by molar-refractivity contribution is 5.84. The van der Waals surface area contributed by atoms with E-state index in [2.05, 4.69) is 31.2 Å². The molecule has 3 rings (SSSR count). The fraction of sp³-hybridized carbons (Fsp3) is 0.211. The summed E-state index contributed by atoms with van der Waals surface area (Å²) in [5.41, 5.74) is 5.45. The molecule has 1 aliphatic carbocycles. The molecule has 0 saturated heterocycles. The van der Waals surface area contributed by atoms with Crippen LogP contribution in [0.15, 0.2) is 36.4 Å². The number of benzene rings is 2. The quantitative estimate of drug-likeness (QED) is 0.777. The Morgan fingerprint density at radius 3 is 2.52 bits per heavy atom. The molecule has 0 bridgehead atoms. The predicted octanol–water partition coefficient (Wildman–Crippen LogP) is 4.75. The van der Waals surface area contributed by atoms with Crippen LogP contribution in [-0.4, -0.2) is 0 Å². The van der Waals surface area contributed by atoms with Crippen molar-refractivity contribution in [3.8, 4) is 6.07 Å². The number of nitrogens with zero attached hydrogens (tertiary/aromatic N) is 1. The zero-order chi connectivity index (χ0) is 14.8. The molecule has 104 valence electrons. The van der Waals surface area contributed by atoms with Crippen molar-refractivity contribution >= 4 is 11.6 Å². The van der Waals surface area contributed by atoms with Gasteiger partial charge < -0.3 is 0 Å². The van der Waals surface area contributed by atoms with Crippen molar-refractivity contribution in [1.82, 2.24) is 0 Å². The molecule has 2 aromatic rings. The van der Waals surface area contributed by atoms with E-state index in [1.807, 2.05) is 18.2 Å². The lowest BCUT2D eigenvalue weighted by molar-refractivity contribution is 0.604. The molecule has 0 fully saturated rings. The summed E-state index contributed by atoms with van der Waals surface area (Å²) in [4.78, 5) is 0. The molecule has 1 aliphatic rings. The smallest absolute Gasteiger partial charge is 0.144 e. The minimum Gasteiger partial charge on any atom is -0.205 e. The molecule has 0 spiro atoms. The second-order valence-electron chi connectivity index (χ2n) is 5.33. The molecule has 0 saturated carbocycles. The average Bonchev–Trinajstić information content (AvgIpc) is 2.55. The van der Waals surface area contributed by atoms with E-state index < -0.39 is 0 Å². The van der Waals surface area contributed by atoms with Gasteiger partial charge in [-0.2, -0.15) is 5.26 Å². The van der Waals surface area contributed by atoms with Crippen LogP contribution in [0.3, 0.4) is 0 Å². The number of hydrogen-bond donors (Lipinski definition) is 0. The number of halogens is 1. The second kappa shape index (κ2) is 5.54. The first-order valence-electron chi connectivity index (χ1n) is 7.24. The second-order valence-corrected chi connectivity index (χ2v) is 5.33. The minimum absolute atomic E-state index is 0.137. The summed E-state index contributed by atoms with van der Waals surface area (Å²) in [7, 11) is 0. The molecule has 0 radical (unpaired) electrons. The van der Waals surface area contributed by atoms with E-state index in [0.717, 1.165) is 18.4 Å². The standard InChI is InChI=1S/C19H16FN/c1-2-13-3-5-14(6-4-13)15-9-10-18-16(11-15)7-8-17(12-21)19(18)20/h3-8,11H,2,9-10H2,1H3. The molecular formula is C19H16FN. The van der Waals surface area contributed by atoms with Crippen LogP contribution >= 0.6 is 0 Å². The van der Waals surface area contributed by atoms with Gasteiger partial charge in [0.1, 0.15) is 11.9 Å². The molecule has 2 heteroatoms. The molecular weight excluding hydrogens is 261 g/mol. The lowest BCUT2D eigenvalue weighted by Crippen LogP contribution is -2.04. The van der Waals surface area contributed by atoms with Gasteiger partial charge in [-0.15, -0.1) is 0 Å². The van der Waals surface area contributed by atoms with Gasteiger partial charge in [-0.3, -0.25) is 0 Å². The third kappa shape index (κ3) is 2.48. The van der Waals surface area contributed by atoms with Gasteiger partial charge in [-0.25, -0.2) is 4.39 Å². The third-order valence-electron chi connectivity index (χ3n) is 4.11. The van der Waals surface area contributed by atoms with Crippen molar-refractivity contribution in [1.29, 1.82) is 5.26 Å². The maximum Gasteiger partial charge on any atom is 0.144 e. The van der Waals surface area contributed by atoms with Gasteiger partial charge in [-0.1, -0.05) is 43.3 Å². The number of hydrogen-bond acceptors (Lipinski definition) is 1. The van der Waals surface area contributed by atoms with E-state index in [9.17, 15) is 4.39 Å². The van der Waals surface area contributed by atoms with E-state index in [1.165, 1.54) is 16.7 Å². The Balaban J connectivity index is 2.00. The van der Waals surface area contributed by atoms with Crippen molar-refractivity contribution in [2.24, 2.45) is 0 Å². The number of rotatable bonds is 2. The Bertz CT molecular complexity index is 748. The highest BCUT2D eigenvalue weighted by Gasteiger charge is 2.17. The van der Waals surface area contributed by atoms with Crippen LogP contribution in [0.5, 0.6) is 0 Å². The summed E-state index contributed by atoms with van der Waals surface area (Å²) in [6.45, 7) is 2.14. The lowest BCUT2D eigenvalue weighted by Gasteiger charge is -2.18. The van der Waals surface area contributed by atoms with Crippen LogP contribution in [-0.2, 0) is 12.8 Å². The summed E-state index contributed by atoms with van der Waals surface area (Å²) < 4.78 is 14.1. The van der Waals surface area contributed by atoms with Gasteiger partial charge in [0.2, 0.25) is 0 Å². The van der Waals surface area contributed by atoms with Crippen LogP contribution in [0.2, 0.25) is 0 Å². The number of aryl methyl sites for hydroxylation is 1. The molecule has 0 atom stereocenters. The molecule has 0 unspecified atom stereocenters. The Morgan fingerprint density at radius 1 is 1.10 bits per heavy atom. The number of nitriles is 1. The summed E-state index contributed by atoms with van der Waals surface area (Å²) >= 11 is 0. The van der Waals surface area contributed by atoms with Crippen molar-refractivity contribution in [3.63, 3.8) is 0 Å². The number of allylic oxidation sites excluding steroid dienone is 1. The third-order valence-corrected chi connectivity index (χ3v) is 4.11. The minimum atomic E-state index is -0.355. The molecule has 2 aromatic carbocycles. The molecule has 0 aliphatic heterocycles. The summed E-state index contributed by atoms with van der Waals surface area (Å²) in [5, 5.41) is 8.89. The van der Waals surface area contributed by atoms with Gasteiger partial charge in [-0.05, 0) is 53.2 Å². The highest BCUT2D eigenvalue weighted by Crippen LogP contribution is 2.32. The largest absolute Gasteiger partial charge is 0.205 e. The van der Waals surface area contributed by atoms with Crippen LogP contribution in [0.4, 0.5) is 4.39 Å². The van der Waals surface area contributed by atoms with Crippen molar-refractivity contribution < 1.29 is 4.39 Å². The number of fused-ring (bicyclic) bond motifs is 1. The maximum absolute atomic E-state index is 14.1. The van der Waals surface area contributed by atoms with E-state index in [1.54, 1.807) is 6.07 Å². The van der Waals surface area contributed by atoms with Gasteiger partial charge in [0.25, 0.3) is 0 Å². The first-order valence-corrected chi connectivity index (χ1v) is 7.24. The van der Waals surface area contributed by atoms with Gasteiger partial charge in [0, 0.05) is 0 Å². The molecule has 0 aromatic heterocycles. The Morgan fingerprint density at radius 2 is 1.86 bits per heavy atom. The maximum atomic E-state index is 14.1. The first kappa shape index (κ1) is 13.6. The van der Waals surface area contributed by atoms with Crippen LogP contribution in [0.25, 0.3) is 11.6 Å². The fourth-order valence-electron chi connectivity index (χ4n) is 2.81. The monoisotopic (exact) mass is 277 g/mol. The predicted molar refractivity (Wildman–Crippen MR) is 83.1 cm³/mol. The summed E-state index contributed by atoms with van der Waals surface area (Å²) in [6, 6.07) is 13.9. The van der Waals surface area contributed by atoms with E-state index in [0.29, 0.717) is 12.0 Å². The van der Waals surface area contributed by atoms with Gasteiger partial charge in [0.15, 0.2) is 0 Å². The van der Waals surface area contributed by atoms with Crippen molar-refractivity contribution in [2.75, 3.05) is 0 Å². The lowest BCUT2D eigenvalue weighted by atomic mass is 9.87. The van der Waals surface area contributed by atoms with Crippen molar-refractivity contribution in [3.05, 3.63) is 70.0 Å². The molecule has 0 amide bonds. The molecule has 21 heavy (non-hydrogen) atoms. The Kier molecular flexibility index (Phi) is 3.58. The normalized spacial score (nSPS) is 13.3. The SMILES string of the molecule is CCc1ccc(C2=Cc3ccc(C#N)c(F)c3CC2)cc1. The van der Waals surface area contributed by atoms with E-state index in [-0.39, 0.29) is 11.4 Å². The zero-order valence-electron chi connectivity index (χ0n) is 12.0. The Labute approximate surface area is 124 Å². The summed E-state index contributed by atoms with van der Waals surface area (Å²) in [6.07, 6.45) is 4.54. The topological polar surface area (TPSA) is 23.8 Å². The Hall–Kier alpha value is -2.40. The average molecular weight is 277 g/mol. The van der Waals surface area contributed by atoms with Crippen LogP contribution in [0.1, 0.15) is 41.2 Å². The van der Waals surface area contributed by atoms with Gasteiger partial charge >= 0.3 is 0 Å². The molecule has 0 heterocycles. The highest BCUT2D eigenvalue weighted by atomic mass is 19.1. The van der Waals surface area contributed by atoms with Crippen LogP contribution < -0.4 is 0 Å². The van der Waals surface area contributed by atoms with E-state index >= 15 is 0 Å².